The van der Waals surface area contributed by atoms with Crippen molar-refractivity contribution in [2.45, 2.75) is 0 Å². The number of benzene rings is 1. The van der Waals surface area contributed by atoms with Crippen LogP contribution in [-0.2, 0) is 0 Å². The minimum absolute atomic E-state index is 0.244. The van der Waals surface area contributed by atoms with E-state index in [1.165, 1.54) is 17.6 Å². The first-order valence-electron chi connectivity index (χ1n) is 6.16. The van der Waals surface area contributed by atoms with E-state index in [9.17, 15) is 4.79 Å². The first kappa shape index (κ1) is 13.7. The van der Waals surface area contributed by atoms with Crippen LogP contribution in [0.3, 0.4) is 0 Å². The molecule has 1 amide bonds. The Labute approximate surface area is 130 Å². The van der Waals surface area contributed by atoms with Crippen LogP contribution in [0.15, 0.2) is 52.9 Å². The maximum absolute atomic E-state index is 11.7. The molecular weight excluding hydrogens is 306 g/mol. The Morgan fingerprint density at radius 1 is 1.29 bits per heavy atom. The van der Waals surface area contributed by atoms with Gasteiger partial charge in [0, 0.05) is 10.9 Å². The summed E-state index contributed by atoms with van der Waals surface area (Å²) in [4.78, 5) is 16.6. The van der Waals surface area contributed by atoms with Crippen LogP contribution in [0.1, 0.15) is 15.2 Å². The molecule has 6 heteroatoms. The first-order chi connectivity index (χ1) is 10.2. The van der Waals surface area contributed by atoms with Crippen LogP contribution >= 0.6 is 22.9 Å². The quantitative estimate of drug-likeness (QED) is 0.455. The molecule has 0 bridgehead atoms. The number of thiophene rings is 1. The van der Waals surface area contributed by atoms with Gasteiger partial charge in [-0.2, -0.15) is 5.10 Å². The Kier molecular flexibility index (Phi) is 3.94. The van der Waals surface area contributed by atoms with Gasteiger partial charge >= 0.3 is 0 Å². The second-order valence-corrected chi connectivity index (χ2v) is 5.54. The van der Waals surface area contributed by atoms with Crippen molar-refractivity contribution in [3.05, 3.63) is 63.4 Å². The SMILES string of the molecule is O=C(N/N=C\c1cc2ccccc2nc1Cl)c1cccs1. The Morgan fingerprint density at radius 2 is 2.14 bits per heavy atom. The van der Waals surface area contributed by atoms with Gasteiger partial charge in [0.05, 0.1) is 16.6 Å². The number of hydrazone groups is 1. The molecule has 0 unspecified atom stereocenters. The summed E-state index contributed by atoms with van der Waals surface area (Å²) >= 11 is 7.46. The Morgan fingerprint density at radius 3 is 2.95 bits per heavy atom. The highest BCUT2D eigenvalue weighted by molar-refractivity contribution is 7.12. The number of pyridine rings is 1. The number of rotatable bonds is 3. The van der Waals surface area contributed by atoms with Gasteiger partial charge in [0.25, 0.3) is 5.91 Å². The fraction of sp³-hybridized carbons (Fsp3) is 0. The fourth-order valence-electron chi connectivity index (χ4n) is 1.82. The molecular formula is C15H10ClN3OS. The average molecular weight is 316 g/mol. The Hall–Kier alpha value is -2.24. The van der Waals surface area contributed by atoms with Crippen LogP contribution < -0.4 is 5.43 Å². The number of carbonyl (C=O) groups is 1. The predicted octanol–water partition coefficient (Wildman–Crippen LogP) is 3.71. The van der Waals surface area contributed by atoms with Crippen LogP contribution in [0.4, 0.5) is 0 Å². The topological polar surface area (TPSA) is 54.4 Å². The summed E-state index contributed by atoms with van der Waals surface area (Å²) < 4.78 is 0. The summed E-state index contributed by atoms with van der Waals surface area (Å²) in [6.07, 6.45) is 1.49. The van der Waals surface area contributed by atoms with E-state index in [-0.39, 0.29) is 5.91 Å². The summed E-state index contributed by atoms with van der Waals surface area (Å²) in [7, 11) is 0. The maximum atomic E-state index is 11.7. The number of fused-ring (bicyclic) bond motifs is 1. The first-order valence-corrected chi connectivity index (χ1v) is 7.42. The van der Waals surface area contributed by atoms with Gasteiger partial charge in [-0.15, -0.1) is 11.3 Å². The van der Waals surface area contributed by atoms with Gasteiger partial charge in [-0.05, 0) is 23.6 Å². The highest BCUT2D eigenvalue weighted by Gasteiger charge is 2.05. The number of nitrogens with one attached hydrogen (secondary N) is 1. The van der Waals surface area contributed by atoms with Gasteiger partial charge in [0.2, 0.25) is 0 Å². The van der Waals surface area contributed by atoms with Gasteiger partial charge in [0.15, 0.2) is 0 Å². The lowest BCUT2D eigenvalue weighted by Gasteiger charge is -2.01. The summed E-state index contributed by atoms with van der Waals surface area (Å²) in [5.41, 5.74) is 3.94. The van der Waals surface area contributed by atoms with Crippen LogP contribution in [0, 0.1) is 0 Å². The highest BCUT2D eigenvalue weighted by Crippen LogP contribution is 2.18. The van der Waals surface area contributed by atoms with E-state index in [0.717, 1.165) is 10.9 Å². The number of aromatic nitrogens is 1. The van der Waals surface area contributed by atoms with E-state index in [4.69, 9.17) is 11.6 Å². The van der Waals surface area contributed by atoms with Gasteiger partial charge in [0.1, 0.15) is 5.15 Å². The fourth-order valence-corrected chi connectivity index (χ4v) is 2.63. The van der Waals surface area contributed by atoms with E-state index in [1.54, 1.807) is 6.07 Å². The number of nitrogens with zero attached hydrogens (tertiary/aromatic N) is 2. The molecule has 2 aromatic heterocycles. The van der Waals surface area contributed by atoms with Crippen molar-refractivity contribution in [2.75, 3.05) is 0 Å². The third-order valence-electron chi connectivity index (χ3n) is 2.82. The number of hydrogen-bond donors (Lipinski definition) is 1. The van der Waals surface area contributed by atoms with Gasteiger partial charge in [-0.1, -0.05) is 35.9 Å². The molecule has 2 heterocycles. The van der Waals surface area contributed by atoms with E-state index >= 15 is 0 Å². The van der Waals surface area contributed by atoms with Crippen molar-refractivity contribution in [1.29, 1.82) is 0 Å². The van der Waals surface area contributed by atoms with Crippen LogP contribution in [0.5, 0.6) is 0 Å². The molecule has 104 valence electrons. The van der Waals surface area contributed by atoms with Crippen molar-refractivity contribution in [3.63, 3.8) is 0 Å². The summed E-state index contributed by atoms with van der Waals surface area (Å²) in [6, 6.07) is 13.1. The second-order valence-electron chi connectivity index (χ2n) is 4.24. The molecule has 0 saturated heterocycles. The van der Waals surface area contributed by atoms with Crippen molar-refractivity contribution in [2.24, 2.45) is 5.10 Å². The average Bonchev–Trinajstić information content (AvgIpc) is 3.02. The standard InChI is InChI=1S/C15H10ClN3OS/c16-14-11(8-10-4-1-2-5-12(10)18-14)9-17-19-15(20)13-6-3-7-21-13/h1-9H,(H,19,20)/b17-9-. The molecule has 0 radical (unpaired) electrons. The lowest BCUT2D eigenvalue weighted by atomic mass is 10.2. The Bertz CT molecular complexity index is 815. The summed E-state index contributed by atoms with van der Waals surface area (Å²) in [5.74, 6) is -0.244. The van der Waals surface area contributed by atoms with Crippen molar-refractivity contribution >= 4 is 46.0 Å². The third kappa shape index (κ3) is 3.09. The molecule has 1 N–H and O–H groups in total. The van der Waals surface area contributed by atoms with Crippen LogP contribution in [-0.4, -0.2) is 17.1 Å². The molecule has 0 fully saturated rings. The molecule has 0 aliphatic heterocycles. The molecule has 4 nitrogen and oxygen atoms in total. The lowest BCUT2D eigenvalue weighted by Crippen LogP contribution is -2.16. The molecule has 3 aromatic rings. The number of hydrogen-bond acceptors (Lipinski definition) is 4. The molecule has 0 spiro atoms. The summed E-state index contributed by atoms with van der Waals surface area (Å²) in [5, 5.41) is 7.07. The van der Waals surface area contributed by atoms with Crippen molar-refractivity contribution in [3.8, 4) is 0 Å². The van der Waals surface area contributed by atoms with Gasteiger partial charge in [-0.25, -0.2) is 10.4 Å². The number of para-hydroxylation sites is 1. The number of amides is 1. The molecule has 3 rings (SSSR count). The molecule has 0 saturated carbocycles. The van der Waals surface area contributed by atoms with Crippen molar-refractivity contribution in [1.82, 2.24) is 10.4 Å². The molecule has 0 aliphatic rings. The molecule has 0 aliphatic carbocycles. The predicted molar refractivity (Wildman–Crippen MR) is 86.1 cm³/mol. The highest BCUT2D eigenvalue weighted by atomic mass is 35.5. The monoisotopic (exact) mass is 315 g/mol. The minimum Gasteiger partial charge on any atom is -0.266 e. The van der Waals surface area contributed by atoms with E-state index in [2.05, 4.69) is 15.5 Å². The third-order valence-corrected chi connectivity index (χ3v) is 3.99. The van der Waals surface area contributed by atoms with Gasteiger partial charge in [-0.3, -0.25) is 4.79 Å². The number of carbonyl (C=O) groups excluding carboxylic acids is 1. The van der Waals surface area contributed by atoms with E-state index < -0.39 is 0 Å². The zero-order valence-electron chi connectivity index (χ0n) is 10.8. The molecule has 1 aromatic carbocycles. The molecule has 21 heavy (non-hydrogen) atoms. The van der Waals surface area contributed by atoms with E-state index in [0.29, 0.717) is 15.6 Å². The zero-order chi connectivity index (χ0) is 14.7. The molecule has 0 atom stereocenters. The second kappa shape index (κ2) is 6.03. The Balaban J connectivity index is 1.79. The van der Waals surface area contributed by atoms with Gasteiger partial charge < -0.3 is 0 Å². The minimum atomic E-state index is -0.244. The smallest absolute Gasteiger partial charge is 0.266 e. The van der Waals surface area contributed by atoms with Crippen molar-refractivity contribution < 1.29 is 4.79 Å². The maximum Gasteiger partial charge on any atom is 0.281 e. The van der Waals surface area contributed by atoms with Crippen LogP contribution in [0.25, 0.3) is 10.9 Å². The largest absolute Gasteiger partial charge is 0.281 e. The van der Waals surface area contributed by atoms with Crippen LogP contribution in [0.2, 0.25) is 5.15 Å². The lowest BCUT2D eigenvalue weighted by molar-refractivity contribution is 0.0959. The number of halogens is 1. The normalized spacial score (nSPS) is 11.1. The zero-order valence-corrected chi connectivity index (χ0v) is 12.4. The summed E-state index contributed by atoms with van der Waals surface area (Å²) in [6.45, 7) is 0. The van der Waals surface area contributed by atoms with E-state index in [1.807, 2.05) is 41.8 Å².